The van der Waals surface area contributed by atoms with Gasteiger partial charge in [0.05, 0.1) is 19.2 Å². The lowest BCUT2D eigenvalue weighted by Gasteiger charge is -2.10. The van der Waals surface area contributed by atoms with Crippen LogP contribution in [0.15, 0.2) is 6.07 Å². The molecule has 0 aliphatic rings. The Morgan fingerprint density at radius 2 is 2.31 bits per heavy atom. The third-order valence-electron chi connectivity index (χ3n) is 1.87. The van der Waals surface area contributed by atoms with Crippen molar-refractivity contribution < 1.29 is 23.4 Å². The molecule has 0 unspecified atom stereocenters. The molecule has 0 atom stereocenters. The monoisotopic (exact) mass is 232 g/mol. The van der Waals surface area contributed by atoms with Crippen molar-refractivity contribution in [2.45, 2.75) is 12.8 Å². The number of carbonyl (C=O) groups is 1. The second-order valence-corrected chi connectivity index (χ2v) is 3.00. The first kappa shape index (κ1) is 12.2. The van der Waals surface area contributed by atoms with E-state index in [0.717, 1.165) is 6.07 Å². The third kappa shape index (κ3) is 2.56. The average molecular weight is 232 g/mol. The molecule has 1 heterocycles. The number of aliphatic carboxylic acids is 1. The van der Waals surface area contributed by atoms with E-state index in [2.05, 4.69) is 4.98 Å². The van der Waals surface area contributed by atoms with Gasteiger partial charge in [0, 0.05) is 5.56 Å². The van der Waals surface area contributed by atoms with Crippen molar-refractivity contribution in [2.75, 3.05) is 12.8 Å². The van der Waals surface area contributed by atoms with E-state index < -0.39 is 24.4 Å². The molecule has 1 aromatic rings. The Morgan fingerprint density at radius 1 is 1.69 bits per heavy atom. The third-order valence-corrected chi connectivity index (χ3v) is 1.87. The van der Waals surface area contributed by atoms with Crippen LogP contribution >= 0.6 is 0 Å². The van der Waals surface area contributed by atoms with E-state index in [9.17, 15) is 13.6 Å². The molecule has 7 heteroatoms. The van der Waals surface area contributed by atoms with E-state index in [-0.39, 0.29) is 17.3 Å². The van der Waals surface area contributed by atoms with Crippen LogP contribution in [0, 0.1) is 0 Å². The standard InChI is InChI=1S/C9H10F2N2O3/c1-16-9-7(12)5(8(10)11)2-4(13-9)3-6(14)15/h2,8H,3,12H2,1H3,(H,14,15). The molecule has 1 rings (SSSR count). The van der Waals surface area contributed by atoms with Gasteiger partial charge in [0.2, 0.25) is 5.88 Å². The van der Waals surface area contributed by atoms with Crippen LogP contribution in [0.4, 0.5) is 14.5 Å². The molecule has 3 N–H and O–H groups in total. The van der Waals surface area contributed by atoms with Gasteiger partial charge < -0.3 is 15.6 Å². The highest BCUT2D eigenvalue weighted by Gasteiger charge is 2.18. The molecule has 0 radical (unpaired) electrons. The van der Waals surface area contributed by atoms with Crippen LogP contribution in [0.3, 0.4) is 0 Å². The molecule has 0 saturated carbocycles. The molecule has 0 bridgehead atoms. The Balaban J connectivity index is 3.22. The number of nitrogens with two attached hydrogens (primary N) is 1. The fourth-order valence-corrected chi connectivity index (χ4v) is 1.19. The number of rotatable bonds is 4. The highest BCUT2D eigenvalue weighted by molar-refractivity contribution is 5.70. The van der Waals surface area contributed by atoms with Crippen molar-refractivity contribution in [2.24, 2.45) is 0 Å². The van der Waals surface area contributed by atoms with Crippen molar-refractivity contribution in [3.05, 3.63) is 17.3 Å². The quantitative estimate of drug-likeness (QED) is 0.815. The second-order valence-electron chi connectivity index (χ2n) is 3.00. The minimum atomic E-state index is -2.80. The first-order valence-corrected chi connectivity index (χ1v) is 4.29. The van der Waals surface area contributed by atoms with Crippen molar-refractivity contribution >= 4 is 11.7 Å². The maximum atomic E-state index is 12.6. The Morgan fingerprint density at radius 3 is 2.75 bits per heavy atom. The van der Waals surface area contributed by atoms with E-state index in [1.165, 1.54) is 7.11 Å². The van der Waals surface area contributed by atoms with Crippen molar-refractivity contribution in [3.63, 3.8) is 0 Å². The summed E-state index contributed by atoms with van der Waals surface area (Å²) < 4.78 is 29.8. The van der Waals surface area contributed by atoms with Crippen LogP contribution in [0.2, 0.25) is 0 Å². The van der Waals surface area contributed by atoms with Gasteiger partial charge in [-0.3, -0.25) is 4.79 Å². The van der Waals surface area contributed by atoms with Gasteiger partial charge >= 0.3 is 5.97 Å². The molecule has 0 amide bonds. The first-order chi connectivity index (χ1) is 7.45. The number of hydrogen-bond acceptors (Lipinski definition) is 4. The lowest BCUT2D eigenvalue weighted by atomic mass is 10.1. The minimum absolute atomic E-state index is 0.0196. The number of hydrogen-bond donors (Lipinski definition) is 2. The molecule has 0 aliphatic carbocycles. The summed E-state index contributed by atoms with van der Waals surface area (Å²) in [6.07, 6.45) is -3.26. The largest absolute Gasteiger partial charge is 0.481 e. The Hall–Kier alpha value is -1.92. The lowest BCUT2D eigenvalue weighted by molar-refractivity contribution is -0.136. The Bertz CT molecular complexity index is 410. The molecule has 16 heavy (non-hydrogen) atoms. The molecule has 0 spiro atoms. The zero-order valence-electron chi connectivity index (χ0n) is 8.41. The smallest absolute Gasteiger partial charge is 0.309 e. The molecule has 0 fully saturated rings. The predicted molar refractivity (Wildman–Crippen MR) is 51.5 cm³/mol. The van der Waals surface area contributed by atoms with E-state index >= 15 is 0 Å². The molecule has 1 aromatic heterocycles. The number of nitrogens with zero attached hydrogens (tertiary/aromatic N) is 1. The van der Waals surface area contributed by atoms with E-state index in [4.69, 9.17) is 15.6 Å². The summed E-state index contributed by atoms with van der Waals surface area (Å²) in [7, 11) is 1.22. The number of carboxylic acid groups (broad SMARTS) is 1. The molecule has 0 aliphatic heterocycles. The zero-order chi connectivity index (χ0) is 12.3. The summed E-state index contributed by atoms with van der Waals surface area (Å²) in [6, 6.07) is 0.969. The fourth-order valence-electron chi connectivity index (χ4n) is 1.19. The predicted octanol–water partition coefficient (Wildman–Crippen LogP) is 1.24. The molecule has 0 aromatic carbocycles. The minimum Gasteiger partial charge on any atom is -0.481 e. The van der Waals surface area contributed by atoms with Crippen molar-refractivity contribution in [1.29, 1.82) is 0 Å². The second kappa shape index (κ2) is 4.73. The van der Waals surface area contributed by atoms with E-state index in [0.29, 0.717) is 0 Å². The Kier molecular flexibility index (Phi) is 3.60. The maximum absolute atomic E-state index is 12.6. The topological polar surface area (TPSA) is 85.4 Å². The van der Waals surface area contributed by atoms with Crippen LogP contribution in [-0.2, 0) is 11.2 Å². The van der Waals surface area contributed by atoms with Gasteiger partial charge in [0.1, 0.15) is 5.69 Å². The molecular weight excluding hydrogens is 222 g/mol. The Labute approximate surface area is 89.9 Å². The number of carboxylic acids is 1. The number of pyridine rings is 1. The lowest BCUT2D eigenvalue weighted by Crippen LogP contribution is -2.07. The van der Waals surface area contributed by atoms with Crippen LogP contribution in [-0.4, -0.2) is 23.2 Å². The summed E-state index contributed by atoms with van der Waals surface area (Å²) in [5.41, 5.74) is 4.62. The summed E-state index contributed by atoms with van der Waals surface area (Å²) in [5.74, 6) is -1.35. The number of ether oxygens (including phenoxy) is 1. The number of methoxy groups -OCH3 is 1. The number of nitrogen functional groups attached to an aromatic ring is 1. The summed E-state index contributed by atoms with van der Waals surface area (Å²) in [6.45, 7) is 0. The average Bonchev–Trinajstić information content (AvgIpc) is 2.19. The number of halogens is 2. The molecule has 88 valence electrons. The van der Waals surface area contributed by atoms with Crippen LogP contribution in [0.5, 0.6) is 5.88 Å². The van der Waals surface area contributed by atoms with Crippen molar-refractivity contribution in [1.82, 2.24) is 4.98 Å². The fraction of sp³-hybridized carbons (Fsp3) is 0.333. The zero-order valence-corrected chi connectivity index (χ0v) is 8.41. The maximum Gasteiger partial charge on any atom is 0.309 e. The van der Waals surface area contributed by atoms with Gasteiger partial charge in [-0.25, -0.2) is 13.8 Å². The number of aromatic nitrogens is 1. The SMILES string of the molecule is COc1nc(CC(=O)O)cc(C(F)F)c1N. The summed E-state index contributed by atoms with van der Waals surface area (Å²) >= 11 is 0. The van der Waals surface area contributed by atoms with E-state index in [1.807, 2.05) is 0 Å². The van der Waals surface area contributed by atoms with Gasteiger partial charge in [0.25, 0.3) is 6.43 Å². The van der Waals surface area contributed by atoms with Gasteiger partial charge in [0.15, 0.2) is 0 Å². The highest BCUT2D eigenvalue weighted by atomic mass is 19.3. The van der Waals surface area contributed by atoms with Gasteiger partial charge in [-0.05, 0) is 6.07 Å². The van der Waals surface area contributed by atoms with Crippen LogP contribution in [0.25, 0.3) is 0 Å². The van der Waals surface area contributed by atoms with Gasteiger partial charge in [-0.2, -0.15) is 0 Å². The van der Waals surface area contributed by atoms with Crippen LogP contribution < -0.4 is 10.5 Å². The number of alkyl halides is 2. The summed E-state index contributed by atoms with van der Waals surface area (Å²) in [4.78, 5) is 14.1. The number of anilines is 1. The molecule has 0 saturated heterocycles. The molecule has 5 nitrogen and oxygen atoms in total. The highest BCUT2D eigenvalue weighted by Crippen LogP contribution is 2.31. The summed E-state index contributed by atoms with van der Waals surface area (Å²) in [5, 5.41) is 8.53. The van der Waals surface area contributed by atoms with Crippen LogP contribution in [0.1, 0.15) is 17.7 Å². The normalized spacial score (nSPS) is 10.5. The van der Waals surface area contributed by atoms with Crippen molar-refractivity contribution in [3.8, 4) is 5.88 Å². The molecular formula is C9H10F2N2O3. The first-order valence-electron chi connectivity index (χ1n) is 4.29. The van der Waals surface area contributed by atoms with Gasteiger partial charge in [-0.1, -0.05) is 0 Å². The van der Waals surface area contributed by atoms with E-state index in [1.54, 1.807) is 0 Å². The van der Waals surface area contributed by atoms with Gasteiger partial charge in [-0.15, -0.1) is 0 Å².